The van der Waals surface area contributed by atoms with E-state index in [9.17, 15) is 18.3 Å². The van der Waals surface area contributed by atoms with Gasteiger partial charge in [0.2, 0.25) is 0 Å². The fraction of sp³-hybridized carbons (Fsp3) is 0.143. The van der Waals surface area contributed by atoms with E-state index in [0.717, 1.165) is 6.07 Å². The van der Waals surface area contributed by atoms with Crippen LogP contribution in [0.2, 0.25) is 0 Å². The van der Waals surface area contributed by atoms with E-state index in [0.29, 0.717) is 11.6 Å². The van der Waals surface area contributed by atoms with Gasteiger partial charge in [0.05, 0.1) is 11.7 Å². The first-order valence-corrected chi connectivity index (χ1v) is 5.68. The lowest BCUT2D eigenvalue weighted by Crippen LogP contribution is -2.09. The summed E-state index contributed by atoms with van der Waals surface area (Å²) in [5.74, 6) is -3.25. The normalized spacial score (nSPS) is 12.2. The van der Waals surface area contributed by atoms with Gasteiger partial charge in [-0.2, -0.15) is 0 Å². The summed E-state index contributed by atoms with van der Waals surface area (Å²) >= 11 is 0. The Kier molecular flexibility index (Phi) is 3.64. The lowest BCUT2D eigenvalue weighted by Gasteiger charge is -2.17. The first kappa shape index (κ1) is 13.3. The largest absolute Gasteiger partial charge is 0.508 e. The van der Waals surface area contributed by atoms with Gasteiger partial charge in [-0.15, -0.1) is 0 Å². The Bertz CT molecular complexity index is 601. The third-order valence-corrected chi connectivity index (χ3v) is 2.77. The van der Waals surface area contributed by atoms with Crippen molar-refractivity contribution < 1.29 is 18.3 Å². The van der Waals surface area contributed by atoms with E-state index in [4.69, 9.17) is 0 Å². The highest BCUT2D eigenvalue weighted by Crippen LogP contribution is 2.28. The quantitative estimate of drug-likeness (QED) is 0.824. The van der Waals surface area contributed by atoms with Gasteiger partial charge in [-0.05, 0) is 13.0 Å². The van der Waals surface area contributed by atoms with Crippen LogP contribution < -0.4 is 5.32 Å². The molecule has 0 aliphatic rings. The summed E-state index contributed by atoms with van der Waals surface area (Å²) in [7, 11) is 0. The fourth-order valence-corrected chi connectivity index (χ4v) is 1.83. The van der Waals surface area contributed by atoms with Crippen molar-refractivity contribution in [2.24, 2.45) is 0 Å². The van der Waals surface area contributed by atoms with Crippen molar-refractivity contribution >= 4 is 5.69 Å². The summed E-state index contributed by atoms with van der Waals surface area (Å²) in [6, 6.07) is 7.32. The van der Waals surface area contributed by atoms with Gasteiger partial charge >= 0.3 is 0 Å². The van der Waals surface area contributed by atoms with E-state index in [1.165, 1.54) is 6.07 Å². The van der Waals surface area contributed by atoms with Crippen LogP contribution in [0.15, 0.2) is 36.4 Å². The predicted molar refractivity (Wildman–Crippen MR) is 66.5 cm³/mol. The summed E-state index contributed by atoms with van der Waals surface area (Å²) in [6.45, 7) is 1.65. The zero-order valence-corrected chi connectivity index (χ0v) is 10.1. The average Bonchev–Trinajstić information content (AvgIpc) is 2.35. The number of hydrogen-bond acceptors (Lipinski definition) is 2. The number of halogens is 3. The van der Waals surface area contributed by atoms with Crippen LogP contribution in [0, 0.1) is 17.5 Å². The first-order chi connectivity index (χ1) is 8.99. The van der Waals surface area contributed by atoms with Crippen LogP contribution in [-0.4, -0.2) is 5.11 Å². The minimum Gasteiger partial charge on any atom is -0.508 e. The Labute approximate surface area is 108 Å². The highest BCUT2D eigenvalue weighted by molar-refractivity contribution is 5.49. The molecule has 2 aromatic rings. The van der Waals surface area contributed by atoms with E-state index in [-0.39, 0.29) is 11.4 Å². The summed E-state index contributed by atoms with van der Waals surface area (Å²) < 4.78 is 39.6. The molecule has 2 nitrogen and oxygen atoms in total. The second kappa shape index (κ2) is 5.22. The summed E-state index contributed by atoms with van der Waals surface area (Å²) in [5, 5.41) is 12.3. The monoisotopic (exact) mass is 267 g/mol. The molecule has 0 fully saturated rings. The molecule has 2 aromatic carbocycles. The Morgan fingerprint density at radius 1 is 1.11 bits per heavy atom. The van der Waals surface area contributed by atoms with E-state index in [2.05, 4.69) is 5.32 Å². The zero-order valence-electron chi connectivity index (χ0n) is 10.1. The lowest BCUT2D eigenvalue weighted by atomic mass is 10.1. The molecule has 100 valence electrons. The molecule has 0 saturated carbocycles. The van der Waals surface area contributed by atoms with Crippen LogP contribution in [0.1, 0.15) is 18.5 Å². The van der Waals surface area contributed by atoms with Crippen molar-refractivity contribution in [3.8, 4) is 5.75 Å². The highest BCUT2D eigenvalue weighted by Gasteiger charge is 2.15. The minimum absolute atomic E-state index is 0.0276. The van der Waals surface area contributed by atoms with Gasteiger partial charge in [-0.1, -0.05) is 18.2 Å². The number of anilines is 1. The van der Waals surface area contributed by atoms with Gasteiger partial charge in [-0.25, -0.2) is 13.2 Å². The number of phenolic OH excluding ortho intramolecular Hbond substituents is 1. The van der Waals surface area contributed by atoms with E-state index >= 15 is 0 Å². The topological polar surface area (TPSA) is 32.3 Å². The third kappa shape index (κ3) is 2.81. The Hall–Kier alpha value is -2.17. The smallest absolute Gasteiger partial charge is 0.182 e. The van der Waals surface area contributed by atoms with Crippen LogP contribution in [0.4, 0.5) is 18.9 Å². The molecule has 0 aliphatic carbocycles. The van der Waals surface area contributed by atoms with Crippen molar-refractivity contribution in [1.82, 2.24) is 0 Å². The molecular formula is C14H12F3NO. The maximum atomic E-state index is 13.5. The summed E-state index contributed by atoms with van der Waals surface area (Å²) in [4.78, 5) is 0. The number of nitrogens with one attached hydrogen (secondary N) is 1. The molecule has 0 aromatic heterocycles. The molecule has 5 heteroatoms. The standard InChI is InChI=1S/C14H12F3NO/c1-8(10-4-2-3-5-13(10)19)18-12-7-9(15)6-11(16)14(12)17/h2-8,18-19H,1H3. The van der Waals surface area contributed by atoms with Crippen LogP contribution in [0.25, 0.3) is 0 Å². The molecule has 0 heterocycles. The van der Waals surface area contributed by atoms with E-state index in [1.807, 2.05) is 0 Å². The van der Waals surface area contributed by atoms with Crippen LogP contribution >= 0.6 is 0 Å². The SMILES string of the molecule is CC(Nc1cc(F)cc(F)c1F)c1ccccc1O. The molecule has 1 atom stereocenters. The van der Waals surface area contributed by atoms with Crippen molar-refractivity contribution in [2.45, 2.75) is 13.0 Å². The number of para-hydroxylation sites is 1. The molecule has 0 radical (unpaired) electrons. The zero-order chi connectivity index (χ0) is 14.0. The molecule has 0 saturated heterocycles. The van der Waals surface area contributed by atoms with Gasteiger partial charge in [0.25, 0.3) is 0 Å². The number of benzene rings is 2. The number of rotatable bonds is 3. The van der Waals surface area contributed by atoms with Gasteiger partial charge in [0.1, 0.15) is 11.6 Å². The maximum absolute atomic E-state index is 13.5. The Morgan fingerprint density at radius 3 is 2.47 bits per heavy atom. The molecule has 2 N–H and O–H groups in total. The second-order valence-corrected chi connectivity index (χ2v) is 4.17. The molecular weight excluding hydrogens is 255 g/mol. The maximum Gasteiger partial charge on any atom is 0.182 e. The molecule has 0 amide bonds. The van der Waals surface area contributed by atoms with Crippen molar-refractivity contribution in [3.63, 3.8) is 0 Å². The van der Waals surface area contributed by atoms with Gasteiger partial charge in [0.15, 0.2) is 11.6 Å². The van der Waals surface area contributed by atoms with Gasteiger partial charge in [0, 0.05) is 17.7 Å². The molecule has 0 aliphatic heterocycles. The van der Waals surface area contributed by atoms with E-state index in [1.54, 1.807) is 25.1 Å². The number of hydrogen-bond donors (Lipinski definition) is 2. The summed E-state index contributed by atoms with van der Waals surface area (Å²) in [6.07, 6.45) is 0. The number of aromatic hydroxyl groups is 1. The van der Waals surface area contributed by atoms with Crippen LogP contribution in [-0.2, 0) is 0 Å². The molecule has 19 heavy (non-hydrogen) atoms. The lowest BCUT2D eigenvalue weighted by molar-refractivity contribution is 0.465. The Balaban J connectivity index is 2.29. The highest BCUT2D eigenvalue weighted by atomic mass is 19.2. The van der Waals surface area contributed by atoms with Gasteiger partial charge < -0.3 is 10.4 Å². The molecule has 0 spiro atoms. The predicted octanol–water partition coefficient (Wildman–Crippen LogP) is 3.98. The van der Waals surface area contributed by atoms with E-state index < -0.39 is 23.5 Å². The minimum atomic E-state index is -1.26. The van der Waals surface area contributed by atoms with Crippen LogP contribution in [0.3, 0.4) is 0 Å². The third-order valence-electron chi connectivity index (χ3n) is 2.77. The van der Waals surface area contributed by atoms with Crippen molar-refractivity contribution in [3.05, 3.63) is 59.4 Å². The van der Waals surface area contributed by atoms with Crippen LogP contribution in [0.5, 0.6) is 5.75 Å². The Morgan fingerprint density at radius 2 is 1.79 bits per heavy atom. The second-order valence-electron chi connectivity index (χ2n) is 4.17. The number of phenols is 1. The summed E-state index contributed by atoms with van der Waals surface area (Å²) in [5.41, 5.74) is 0.222. The fourth-order valence-electron chi connectivity index (χ4n) is 1.83. The van der Waals surface area contributed by atoms with Crippen molar-refractivity contribution in [2.75, 3.05) is 5.32 Å². The molecule has 0 bridgehead atoms. The average molecular weight is 267 g/mol. The van der Waals surface area contributed by atoms with Gasteiger partial charge in [-0.3, -0.25) is 0 Å². The molecule has 2 rings (SSSR count). The van der Waals surface area contributed by atoms with Crippen molar-refractivity contribution in [1.29, 1.82) is 0 Å². The molecule has 1 unspecified atom stereocenters. The first-order valence-electron chi connectivity index (χ1n) is 5.68.